The van der Waals surface area contributed by atoms with Gasteiger partial charge in [-0.3, -0.25) is 4.90 Å². The fourth-order valence-corrected chi connectivity index (χ4v) is 6.87. The lowest BCUT2D eigenvalue weighted by molar-refractivity contribution is -0.149. The van der Waals surface area contributed by atoms with Crippen LogP contribution in [0.2, 0.25) is 5.15 Å². The van der Waals surface area contributed by atoms with Gasteiger partial charge in [0.05, 0.1) is 37.3 Å². The minimum absolute atomic E-state index is 0.000615. The number of carbonyl (C=O) groups is 2. The summed E-state index contributed by atoms with van der Waals surface area (Å²) in [6, 6.07) is -0.224. The van der Waals surface area contributed by atoms with E-state index >= 15 is 4.39 Å². The van der Waals surface area contributed by atoms with Gasteiger partial charge in [-0.1, -0.05) is 11.6 Å². The number of esters is 1. The van der Waals surface area contributed by atoms with Crippen molar-refractivity contribution in [3.05, 3.63) is 17.2 Å². The van der Waals surface area contributed by atoms with Gasteiger partial charge < -0.3 is 29.1 Å². The summed E-state index contributed by atoms with van der Waals surface area (Å²) in [5, 5.41) is 9.83. The number of hydrogen-bond acceptors (Lipinski definition) is 10. The molecular weight excluding hydrogens is 583 g/mol. The second kappa shape index (κ2) is 12.5. The van der Waals surface area contributed by atoms with Gasteiger partial charge in [0.25, 0.3) is 0 Å². The number of pyridine rings is 1. The van der Waals surface area contributed by atoms with Crippen LogP contribution >= 0.6 is 11.6 Å². The van der Waals surface area contributed by atoms with Crippen molar-refractivity contribution in [1.82, 2.24) is 24.8 Å². The first-order valence-corrected chi connectivity index (χ1v) is 15.5. The average molecular weight is 621 g/mol. The fraction of sp³-hybridized carbons (Fsp3) is 0.690. The third-order valence-corrected chi connectivity index (χ3v) is 9.48. The first kappa shape index (κ1) is 30.0. The van der Waals surface area contributed by atoms with Gasteiger partial charge in [-0.15, -0.1) is 0 Å². The molecule has 1 saturated carbocycles. The Kier molecular flexibility index (Phi) is 8.74. The highest BCUT2D eigenvalue weighted by molar-refractivity contribution is 6.30. The standard InChI is InChI=1S/C29H38ClFN6O6/c1-2-42-22(38)15-41-14-18-5-9-35(10-6-18)16-29(7-8-29)17-43-27-33-24-21(11-32-25(30)23(24)31)26(34-27)36-12-19-3-4-20(13-36)37(19)28(39)40/h11,18-20H,2-10,12-17H2,1H3,(H,39,40). The Morgan fingerprint density at radius 1 is 1.14 bits per heavy atom. The van der Waals surface area contributed by atoms with Gasteiger partial charge in [0.2, 0.25) is 0 Å². The number of ether oxygens (including phenoxy) is 3. The number of fused-ring (bicyclic) bond motifs is 3. The smallest absolute Gasteiger partial charge is 0.407 e. The van der Waals surface area contributed by atoms with E-state index in [0.717, 1.165) is 58.2 Å². The Hall–Kier alpha value is -3.03. The van der Waals surface area contributed by atoms with E-state index in [0.29, 0.717) is 50.0 Å². The number of carboxylic acid groups (broad SMARTS) is 1. The van der Waals surface area contributed by atoms with Crippen LogP contribution in [0.4, 0.5) is 15.0 Å². The molecule has 1 aliphatic carbocycles. The molecule has 0 aromatic carbocycles. The monoisotopic (exact) mass is 620 g/mol. The lowest BCUT2D eigenvalue weighted by Crippen LogP contribution is -2.55. The SMILES string of the molecule is CCOC(=O)COCC1CCN(CC2(COc3nc(N4CC5CCC(C4)N5C(=O)O)c4cnc(Cl)c(F)c4n3)CC2)CC1. The molecule has 1 N–H and O–H groups in total. The van der Waals surface area contributed by atoms with Gasteiger partial charge in [0.15, 0.2) is 11.0 Å². The zero-order valence-corrected chi connectivity index (χ0v) is 25.1. The normalized spacial score (nSPS) is 23.5. The van der Waals surface area contributed by atoms with E-state index in [4.69, 9.17) is 30.8 Å². The van der Waals surface area contributed by atoms with E-state index < -0.39 is 11.9 Å². The zero-order valence-electron chi connectivity index (χ0n) is 24.3. The van der Waals surface area contributed by atoms with Crippen LogP contribution in [0.1, 0.15) is 45.4 Å². The number of amides is 1. The van der Waals surface area contributed by atoms with Crippen LogP contribution in [0.15, 0.2) is 6.20 Å². The molecule has 3 aliphatic heterocycles. The van der Waals surface area contributed by atoms with Gasteiger partial charge in [0.1, 0.15) is 17.9 Å². The number of likely N-dealkylation sites (tertiary alicyclic amines) is 1. The predicted octanol–water partition coefficient (Wildman–Crippen LogP) is 3.60. The third-order valence-electron chi connectivity index (χ3n) is 9.21. The van der Waals surface area contributed by atoms with E-state index in [1.807, 2.05) is 4.90 Å². The molecule has 14 heteroatoms. The van der Waals surface area contributed by atoms with Crippen LogP contribution in [-0.4, -0.2) is 113 Å². The zero-order chi connectivity index (χ0) is 30.1. The van der Waals surface area contributed by atoms with E-state index in [1.165, 1.54) is 11.1 Å². The quantitative estimate of drug-likeness (QED) is 0.292. The van der Waals surface area contributed by atoms with Crippen LogP contribution in [0.5, 0.6) is 6.01 Å². The Morgan fingerprint density at radius 2 is 1.86 bits per heavy atom. The van der Waals surface area contributed by atoms with Crippen molar-refractivity contribution in [1.29, 1.82) is 0 Å². The van der Waals surface area contributed by atoms with Crippen molar-refractivity contribution in [3.8, 4) is 6.01 Å². The minimum Gasteiger partial charge on any atom is -0.465 e. The van der Waals surface area contributed by atoms with Crippen molar-refractivity contribution in [2.24, 2.45) is 11.3 Å². The van der Waals surface area contributed by atoms with E-state index in [9.17, 15) is 14.7 Å². The highest BCUT2D eigenvalue weighted by atomic mass is 35.5. The Bertz CT molecular complexity index is 1340. The molecule has 234 valence electrons. The summed E-state index contributed by atoms with van der Waals surface area (Å²) in [6.07, 6.45) is 6.17. The molecule has 0 spiro atoms. The second-order valence-corrected chi connectivity index (χ2v) is 12.6. The minimum atomic E-state index is -0.912. The topological polar surface area (TPSA) is 130 Å². The van der Waals surface area contributed by atoms with Crippen molar-refractivity contribution < 1.29 is 33.3 Å². The summed E-state index contributed by atoms with van der Waals surface area (Å²) in [4.78, 5) is 42.4. The van der Waals surface area contributed by atoms with Gasteiger partial charge >= 0.3 is 18.1 Å². The predicted molar refractivity (Wildman–Crippen MR) is 155 cm³/mol. The lowest BCUT2D eigenvalue weighted by Gasteiger charge is -2.40. The molecule has 4 aliphatic rings. The Balaban J connectivity index is 1.09. The summed E-state index contributed by atoms with van der Waals surface area (Å²) in [5.41, 5.74) is 0.0388. The van der Waals surface area contributed by atoms with E-state index in [-0.39, 0.29) is 46.8 Å². The van der Waals surface area contributed by atoms with Crippen molar-refractivity contribution in [2.45, 2.75) is 57.5 Å². The summed E-state index contributed by atoms with van der Waals surface area (Å²) in [6.45, 7) is 6.81. The first-order chi connectivity index (χ1) is 20.7. The fourth-order valence-electron chi connectivity index (χ4n) is 6.73. The molecule has 2 unspecified atom stereocenters. The molecular formula is C29H38ClFN6O6. The molecule has 6 rings (SSSR count). The first-order valence-electron chi connectivity index (χ1n) is 15.1. The molecule has 2 bridgehead atoms. The molecule has 2 atom stereocenters. The molecule has 43 heavy (non-hydrogen) atoms. The number of halogens is 2. The highest BCUT2D eigenvalue weighted by Gasteiger charge is 2.46. The van der Waals surface area contributed by atoms with E-state index in [1.54, 1.807) is 6.92 Å². The second-order valence-electron chi connectivity index (χ2n) is 12.3. The average Bonchev–Trinajstić information content (AvgIpc) is 3.70. The summed E-state index contributed by atoms with van der Waals surface area (Å²) < 4.78 is 31.8. The molecule has 5 heterocycles. The Labute approximate surface area is 254 Å². The molecule has 4 fully saturated rings. The van der Waals surface area contributed by atoms with Gasteiger partial charge in [-0.25, -0.2) is 19.0 Å². The lowest BCUT2D eigenvalue weighted by atomic mass is 9.96. The van der Waals surface area contributed by atoms with Gasteiger partial charge in [-0.2, -0.15) is 9.97 Å². The van der Waals surface area contributed by atoms with Crippen LogP contribution in [0.3, 0.4) is 0 Å². The number of rotatable bonds is 11. The molecule has 0 radical (unpaired) electrons. The number of aromatic nitrogens is 3. The number of piperidine rings is 1. The number of piperazine rings is 1. The third kappa shape index (κ3) is 6.58. The highest BCUT2D eigenvalue weighted by Crippen LogP contribution is 2.47. The van der Waals surface area contributed by atoms with Gasteiger partial charge in [0, 0.05) is 31.2 Å². The van der Waals surface area contributed by atoms with Gasteiger partial charge in [-0.05, 0) is 64.5 Å². The van der Waals surface area contributed by atoms with Crippen LogP contribution in [0.25, 0.3) is 10.9 Å². The van der Waals surface area contributed by atoms with Crippen LogP contribution in [0, 0.1) is 17.2 Å². The number of anilines is 1. The molecule has 1 amide bonds. The molecule has 12 nitrogen and oxygen atoms in total. The molecule has 3 saturated heterocycles. The Morgan fingerprint density at radius 3 is 2.51 bits per heavy atom. The van der Waals surface area contributed by atoms with Crippen molar-refractivity contribution >= 4 is 40.4 Å². The maximum atomic E-state index is 15.2. The summed E-state index contributed by atoms with van der Waals surface area (Å²) in [7, 11) is 0. The largest absolute Gasteiger partial charge is 0.465 e. The summed E-state index contributed by atoms with van der Waals surface area (Å²) in [5.74, 6) is -0.143. The van der Waals surface area contributed by atoms with Crippen molar-refractivity contribution in [2.75, 3.05) is 64.1 Å². The van der Waals surface area contributed by atoms with E-state index in [2.05, 4.69) is 14.9 Å². The van der Waals surface area contributed by atoms with Crippen LogP contribution < -0.4 is 9.64 Å². The van der Waals surface area contributed by atoms with Crippen LogP contribution in [-0.2, 0) is 14.3 Å². The summed E-state index contributed by atoms with van der Waals surface area (Å²) >= 11 is 6.01. The number of hydrogen-bond donors (Lipinski definition) is 1. The number of nitrogens with zero attached hydrogens (tertiary/aromatic N) is 6. The molecule has 2 aromatic rings. The van der Waals surface area contributed by atoms with Crippen molar-refractivity contribution in [3.63, 3.8) is 0 Å². The maximum absolute atomic E-state index is 15.2. The number of carbonyl (C=O) groups excluding carboxylic acids is 1. The molecule has 2 aromatic heterocycles. The maximum Gasteiger partial charge on any atom is 0.407 e.